The monoisotopic (exact) mass is 785 g/mol. The number of nitrogens with one attached hydrogen (secondary N) is 1. The summed E-state index contributed by atoms with van der Waals surface area (Å²) in [5, 5.41) is 19.7. The molecular formula is C49H43N3O7. The third kappa shape index (κ3) is 5.85. The molecule has 0 unspecified atom stereocenters. The third-order valence-corrected chi connectivity index (χ3v) is 12.5. The number of likely N-dealkylation sites (tertiary alicyclic amines) is 1. The van der Waals surface area contributed by atoms with E-state index in [2.05, 4.69) is 64.5 Å². The second kappa shape index (κ2) is 14.2. The molecule has 0 saturated carbocycles. The summed E-state index contributed by atoms with van der Waals surface area (Å²) in [6, 6.07) is 44.3. The van der Waals surface area contributed by atoms with Crippen molar-refractivity contribution in [2.75, 3.05) is 27.4 Å². The number of hydrogen-bond acceptors (Lipinski definition) is 8. The van der Waals surface area contributed by atoms with Crippen LogP contribution in [0.4, 0.5) is 0 Å². The van der Waals surface area contributed by atoms with Crippen LogP contribution in [-0.4, -0.2) is 64.7 Å². The molecule has 10 heteroatoms. The van der Waals surface area contributed by atoms with E-state index >= 15 is 0 Å². The van der Waals surface area contributed by atoms with Crippen LogP contribution in [0.1, 0.15) is 34.0 Å². The van der Waals surface area contributed by atoms with Crippen LogP contribution in [-0.2, 0) is 21.6 Å². The number of morpholine rings is 1. The molecule has 0 radical (unpaired) electrons. The summed E-state index contributed by atoms with van der Waals surface area (Å²) in [7, 11) is 3.27. The van der Waals surface area contributed by atoms with E-state index in [-0.39, 0.29) is 6.61 Å². The minimum atomic E-state index is -1.29. The fourth-order valence-electron chi connectivity index (χ4n) is 9.59. The molecule has 1 aromatic heterocycles. The van der Waals surface area contributed by atoms with Crippen molar-refractivity contribution in [2.24, 2.45) is 0 Å². The fraction of sp³-hybridized carbons (Fsp3) is 0.224. The number of aryl methyl sites for hydroxylation is 1. The summed E-state index contributed by atoms with van der Waals surface area (Å²) in [6.45, 7) is 2.37. The van der Waals surface area contributed by atoms with E-state index < -0.39 is 40.8 Å². The van der Waals surface area contributed by atoms with Crippen LogP contribution in [0, 0.1) is 6.92 Å². The van der Waals surface area contributed by atoms with Gasteiger partial charge in [0.05, 0.1) is 26.9 Å². The fourth-order valence-corrected chi connectivity index (χ4v) is 9.59. The molecule has 0 amide bonds. The Morgan fingerprint density at radius 1 is 0.746 bits per heavy atom. The number of aromatic nitrogens is 2. The second-order valence-electron chi connectivity index (χ2n) is 15.8. The van der Waals surface area contributed by atoms with Gasteiger partial charge in [0.1, 0.15) is 28.8 Å². The molecule has 59 heavy (non-hydrogen) atoms. The average molecular weight is 786 g/mol. The lowest BCUT2D eigenvalue weighted by atomic mass is 9.79. The van der Waals surface area contributed by atoms with Crippen molar-refractivity contribution in [1.82, 2.24) is 14.5 Å². The van der Waals surface area contributed by atoms with Crippen LogP contribution in [0.15, 0.2) is 149 Å². The smallest absolute Gasteiger partial charge is 0.330 e. The first kappa shape index (κ1) is 37.0. The average Bonchev–Trinajstić information content (AvgIpc) is 3.70. The van der Waals surface area contributed by atoms with Gasteiger partial charge in [0.25, 0.3) is 5.56 Å². The van der Waals surface area contributed by atoms with Gasteiger partial charge in [-0.15, -0.1) is 0 Å². The van der Waals surface area contributed by atoms with Gasteiger partial charge in [-0.25, -0.2) is 4.79 Å². The first-order valence-corrected chi connectivity index (χ1v) is 19.8. The maximum atomic E-state index is 13.6. The molecule has 8 aromatic rings. The highest BCUT2D eigenvalue weighted by Gasteiger charge is 2.65. The molecule has 10 rings (SSSR count). The Bertz CT molecular complexity index is 2880. The standard InChI is InChI=1S/C49H43N3O7/c1-30-26-52(47(55)50-45(30)54)46-43-44(53)48(59-46,28-51(43)27-34-15-14-33-13-12-31-8-7-9-32-16-25-40(34)42(33)41(31)32)29-58-49(35-10-5-4-6-11-35,36-17-21-38(56-2)22-18-36)37-19-23-39(57-3)24-20-37/h4-26,43-44,46,53H,27-29H2,1-3H3,(H,50,54,55)/t43-,44+,46+,48-/m0/s1. The Morgan fingerprint density at radius 3 is 1.98 bits per heavy atom. The Labute approximate surface area is 340 Å². The van der Waals surface area contributed by atoms with Gasteiger partial charge >= 0.3 is 5.69 Å². The van der Waals surface area contributed by atoms with Crippen molar-refractivity contribution in [1.29, 1.82) is 0 Å². The molecule has 2 aliphatic rings. The quantitative estimate of drug-likeness (QED) is 0.104. The highest BCUT2D eigenvalue weighted by molar-refractivity contribution is 6.23. The molecule has 2 aliphatic heterocycles. The number of H-pyrrole nitrogens is 1. The lowest BCUT2D eigenvalue weighted by molar-refractivity contribution is -0.179. The molecule has 0 aliphatic carbocycles. The number of aromatic amines is 1. The second-order valence-corrected chi connectivity index (χ2v) is 15.8. The van der Waals surface area contributed by atoms with E-state index in [1.807, 2.05) is 78.9 Å². The largest absolute Gasteiger partial charge is 0.497 e. The van der Waals surface area contributed by atoms with Crippen molar-refractivity contribution in [3.63, 3.8) is 0 Å². The zero-order chi connectivity index (χ0) is 40.5. The van der Waals surface area contributed by atoms with Gasteiger partial charge < -0.3 is 24.1 Å². The first-order chi connectivity index (χ1) is 28.7. The number of hydrogen-bond donors (Lipinski definition) is 2. The van der Waals surface area contributed by atoms with Crippen molar-refractivity contribution < 1.29 is 24.1 Å². The van der Waals surface area contributed by atoms with Gasteiger partial charge in [0.15, 0.2) is 6.23 Å². The maximum Gasteiger partial charge on any atom is 0.330 e. The summed E-state index contributed by atoms with van der Waals surface area (Å²) < 4.78 is 26.8. The molecule has 2 bridgehead atoms. The molecule has 7 aromatic carbocycles. The van der Waals surface area contributed by atoms with Crippen LogP contribution >= 0.6 is 0 Å². The third-order valence-electron chi connectivity index (χ3n) is 12.5. The van der Waals surface area contributed by atoms with Crippen LogP contribution < -0.4 is 20.7 Å². The van der Waals surface area contributed by atoms with Gasteiger partial charge in [-0.05, 0) is 85.8 Å². The zero-order valence-corrected chi connectivity index (χ0v) is 32.9. The summed E-state index contributed by atoms with van der Waals surface area (Å²) in [5.41, 5.74) is 0.428. The molecule has 2 fully saturated rings. The lowest BCUT2D eigenvalue weighted by Crippen LogP contribution is -2.51. The number of benzene rings is 7. The molecular weight excluding hydrogens is 743 g/mol. The zero-order valence-electron chi connectivity index (χ0n) is 32.9. The predicted molar refractivity (Wildman–Crippen MR) is 228 cm³/mol. The summed E-state index contributed by atoms with van der Waals surface area (Å²) >= 11 is 0. The van der Waals surface area contributed by atoms with Gasteiger partial charge in [-0.1, -0.05) is 109 Å². The maximum absolute atomic E-state index is 13.6. The van der Waals surface area contributed by atoms with Gasteiger partial charge in [-0.2, -0.15) is 0 Å². The van der Waals surface area contributed by atoms with E-state index in [1.165, 1.54) is 32.3 Å². The molecule has 2 N–H and O–H groups in total. The van der Waals surface area contributed by atoms with E-state index in [0.29, 0.717) is 30.2 Å². The van der Waals surface area contributed by atoms with Crippen molar-refractivity contribution >= 4 is 32.3 Å². The topological polar surface area (TPSA) is 115 Å². The number of aliphatic hydroxyl groups is 1. The molecule has 4 atom stereocenters. The van der Waals surface area contributed by atoms with E-state index in [1.54, 1.807) is 21.1 Å². The van der Waals surface area contributed by atoms with Crippen molar-refractivity contribution in [3.8, 4) is 11.5 Å². The molecule has 10 nitrogen and oxygen atoms in total. The Morgan fingerprint density at radius 2 is 1.34 bits per heavy atom. The Hall–Kier alpha value is -6.30. The number of nitrogens with zero attached hydrogens (tertiary/aromatic N) is 2. The highest BCUT2D eigenvalue weighted by Crippen LogP contribution is 2.50. The highest BCUT2D eigenvalue weighted by atomic mass is 16.6. The summed E-state index contributed by atoms with van der Waals surface area (Å²) in [6.07, 6.45) is -0.490. The van der Waals surface area contributed by atoms with Gasteiger partial charge in [0, 0.05) is 24.8 Å². The molecule has 3 heterocycles. The molecule has 296 valence electrons. The number of ether oxygens (including phenoxy) is 4. The Balaban J connectivity index is 1.10. The van der Waals surface area contributed by atoms with Crippen molar-refractivity contribution in [3.05, 3.63) is 188 Å². The van der Waals surface area contributed by atoms with Crippen LogP contribution in [0.2, 0.25) is 0 Å². The normalized spacial score (nSPS) is 20.6. The number of fused-ring (bicyclic) bond motifs is 2. The van der Waals surface area contributed by atoms with E-state index in [4.69, 9.17) is 18.9 Å². The molecule has 2 saturated heterocycles. The summed E-state index contributed by atoms with van der Waals surface area (Å²) in [5.74, 6) is 1.40. The van der Waals surface area contributed by atoms with Gasteiger partial charge in [0.2, 0.25) is 0 Å². The summed E-state index contributed by atoms with van der Waals surface area (Å²) in [4.78, 5) is 30.8. The SMILES string of the molecule is COc1ccc(C(OC[C@]23CN(Cc4ccc5ccc6cccc7ccc4c5c67)[C@H]([C@H](n4cc(C)c(=O)[nH]c4=O)O2)[C@H]3O)(c2ccccc2)c2ccc(OC)cc2)cc1. The Kier molecular flexibility index (Phi) is 8.91. The van der Waals surface area contributed by atoms with E-state index in [9.17, 15) is 14.7 Å². The lowest BCUT2D eigenvalue weighted by Gasteiger charge is -2.41. The van der Waals surface area contributed by atoms with Crippen LogP contribution in [0.3, 0.4) is 0 Å². The number of rotatable bonds is 11. The van der Waals surface area contributed by atoms with Gasteiger partial charge in [-0.3, -0.25) is 19.2 Å². The van der Waals surface area contributed by atoms with E-state index in [0.717, 1.165) is 33.0 Å². The minimum Gasteiger partial charge on any atom is -0.497 e. The van der Waals surface area contributed by atoms with Crippen LogP contribution in [0.5, 0.6) is 11.5 Å². The predicted octanol–water partition coefficient (Wildman–Crippen LogP) is 7.28. The first-order valence-electron chi connectivity index (χ1n) is 19.8. The van der Waals surface area contributed by atoms with Crippen LogP contribution in [0.25, 0.3) is 32.3 Å². The number of aliphatic hydroxyl groups excluding tert-OH is 1. The van der Waals surface area contributed by atoms with Crippen molar-refractivity contribution in [2.45, 2.75) is 43.0 Å². The molecule has 0 spiro atoms. The number of methoxy groups -OCH3 is 2. The minimum absolute atomic E-state index is 0.0554.